The molecule has 1 aliphatic carbocycles. The first-order chi connectivity index (χ1) is 16.7. The highest BCUT2D eigenvalue weighted by atomic mass is 35.6. The number of allylic oxidation sites excluding steroid dienone is 1. The van der Waals surface area contributed by atoms with Crippen LogP contribution in [0, 0.1) is 17.8 Å². The van der Waals surface area contributed by atoms with Crippen molar-refractivity contribution < 1.29 is 28.6 Å². The van der Waals surface area contributed by atoms with Crippen LogP contribution < -0.4 is 5.32 Å². The second kappa shape index (κ2) is 11.9. The van der Waals surface area contributed by atoms with Gasteiger partial charge < -0.3 is 19.5 Å². The Bertz CT molecular complexity index is 881. The van der Waals surface area contributed by atoms with Gasteiger partial charge in [0.05, 0.1) is 12.1 Å². The highest BCUT2D eigenvalue weighted by molar-refractivity contribution is 6.67. The van der Waals surface area contributed by atoms with E-state index in [0.717, 1.165) is 5.57 Å². The maximum absolute atomic E-state index is 13.4. The van der Waals surface area contributed by atoms with Crippen LogP contribution in [0.5, 0.6) is 0 Å². The molecule has 0 aromatic heterocycles. The number of hydrogen-bond acceptors (Lipinski definition) is 6. The fourth-order valence-corrected chi connectivity index (χ4v) is 5.25. The number of ether oxygens (including phenoxy) is 3. The van der Waals surface area contributed by atoms with Gasteiger partial charge in [-0.25, -0.2) is 9.59 Å². The summed E-state index contributed by atoms with van der Waals surface area (Å²) in [6.45, 7) is 18.5. The largest absolute Gasteiger partial charge is 0.460 e. The molecular formula is C26H41Cl3N2O6. The van der Waals surface area contributed by atoms with Crippen molar-refractivity contribution >= 4 is 52.8 Å². The Kier molecular flexibility index (Phi) is 10.3. The molecular weight excluding hydrogens is 543 g/mol. The number of nitrogens with zero attached hydrogens (tertiary/aromatic N) is 1. The lowest BCUT2D eigenvalue weighted by Crippen LogP contribution is -2.51. The van der Waals surface area contributed by atoms with Gasteiger partial charge in [0.1, 0.15) is 24.0 Å². The van der Waals surface area contributed by atoms with Crippen LogP contribution in [0.2, 0.25) is 0 Å². The van der Waals surface area contributed by atoms with E-state index in [1.165, 1.54) is 6.92 Å². The molecule has 2 aliphatic rings. The smallest absolute Gasteiger partial charge is 0.412 e. The van der Waals surface area contributed by atoms with Crippen molar-refractivity contribution in [1.82, 2.24) is 10.2 Å². The normalized spacial score (nSPS) is 26.8. The van der Waals surface area contributed by atoms with E-state index in [9.17, 15) is 14.4 Å². The Labute approximate surface area is 235 Å². The summed E-state index contributed by atoms with van der Waals surface area (Å²) in [6.07, 6.45) is 0.819. The minimum Gasteiger partial charge on any atom is -0.460 e. The van der Waals surface area contributed by atoms with Crippen molar-refractivity contribution in [3.05, 3.63) is 12.2 Å². The molecule has 0 aromatic rings. The van der Waals surface area contributed by atoms with Gasteiger partial charge >= 0.3 is 12.1 Å². The first-order valence-electron chi connectivity index (χ1n) is 12.6. The molecule has 212 valence electrons. The quantitative estimate of drug-likeness (QED) is 0.232. The lowest BCUT2D eigenvalue weighted by atomic mass is 9.83. The summed E-state index contributed by atoms with van der Waals surface area (Å²) in [5.74, 6) is -1.50. The monoisotopic (exact) mass is 582 g/mol. The number of carbonyl (C=O) groups excluding carboxylic acids is 3. The van der Waals surface area contributed by atoms with Crippen molar-refractivity contribution in [2.75, 3.05) is 6.61 Å². The van der Waals surface area contributed by atoms with Crippen molar-refractivity contribution in [3.63, 3.8) is 0 Å². The Morgan fingerprint density at radius 2 is 1.76 bits per heavy atom. The molecule has 0 unspecified atom stereocenters. The predicted octanol–water partition coefficient (Wildman–Crippen LogP) is 5.77. The van der Waals surface area contributed by atoms with Gasteiger partial charge in [-0.3, -0.25) is 9.69 Å². The van der Waals surface area contributed by atoms with E-state index >= 15 is 0 Å². The first kappa shape index (κ1) is 32.0. The van der Waals surface area contributed by atoms with E-state index in [1.54, 1.807) is 4.90 Å². The Hall–Kier alpha value is -1.22. The Balaban J connectivity index is 2.27. The summed E-state index contributed by atoms with van der Waals surface area (Å²) in [6, 6.07) is -1.25. The molecule has 11 heteroatoms. The number of rotatable bonds is 7. The van der Waals surface area contributed by atoms with Crippen LogP contribution in [0.1, 0.15) is 74.7 Å². The van der Waals surface area contributed by atoms with Crippen LogP contribution >= 0.6 is 34.8 Å². The number of carbonyl (C=O) groups is 3. The zero-order valence-electron chi connectivity index (χ0n) is 23.0. The lowest BCUT2D eigenvalue weighted by Gasteiger charge is -2.36. The highest BCUT2D eigenvalue weighted by Gasteiger charge is 2.56. The SMILES string of the molecule is C=C1C[C@@H]([C@@H]2OC(C)(C)N(C(=O)OC(C)(C)C)[C@H]2CC(C)C)[C@H](C(=O)N[C@@H](C)C(=O)OCC(Cl)(Cl)Cl)C1. The minimum atomic E-state index is -1.74. The van der Waals surface area contributed by atoms with Gasteiger partial charge in [0.15, 0.2) is 0 Å². The van der Waals surface area contributed by atoms with Gasteiger partial charge in [0.25, 0.3) is 0 Å². The average molecular weight is 584 g/mol. The number of hydrogen-bond donors (Lipinski definition) is 1. The third-order valence-electron chi connectivity index (χ3n) is 6.42. The Morgan fingerprint density at radius 3 is 2.27 bits per heavy atom. The molecule has 1 saturated heterocycles. The molecule has 0 radical (unpaired) electrons. The van der Waals surface area contributed by atoms with E-state index in [2.05, 4.69) is 25.7 Å². The molecule has 1 N–H and O–H groups in total. The van der Waals surface area contributed by atoms with E-state index in [4.69, 9.17) is 49.0 Å². The zero-order chi connectivity index (χ0) is 28.5. The summed E-state index contributed by atoms with van der Waals surface area (Å²) < 4.78 is 15.5. The van der Waals surface area contributed by atoms with E-state index in [1.807, 2.05) is 34.6 Å². The van der Waals surface area contributed by atoms with Crippen molar-refractivity contribution in [2.45, 2.75) is 108 Å². The third kappa shape index (κ3) is 8.91. The molecule has 0 spiro atoms. The number of nitrogens with one attached hydrogen (secondary N) is 1. The molecule has 1 aliphatic heterocycles. The molecule has 0 bridgehead atoms. The fourth-order valence-electron chi connectivity index (χ4n) is 5.09. The molecule has 1 saturated carbocycles. The summed E-state index contributed by atoms with van der Waals surface area (Å²) in [5, 5.41) is 2.73. The second-order valence-corrected chi connectivity index (χ2v) is 14.5. The summed E-state index contributed by atoms with van der Waals surface area (Å²) in [5.41, 5.74) is -0.693. The van der Waals surface area contributed by atoms with Gasteiger partial charge in [0.2, 0.25) is 9.70 Å². The van der Waals surface area contributed by atoms with E-state index in [0.29, 0.717) is 19.3 Å². The highest BCUT2D eigenvalue weighted by Crippen LogP contribution is 2.47. The summed E-state index contributed by atoms with van der Waals surface area (Å²) >= 11 is 16.9. The van der Waals surface area contributed by atoms with Crippen LogP contribution in [0.3, 0.4) is 0 Å². The summed E-state index contributed by atoms with van der Waals surface area (Å²) in [7, 11) is 0. The average Bonchev–Trinajstić information content (AvgIpc) is 3.20. The van der Waals surface area contributed by atoms with Gasteiger partial charge in [-0.1, -0.05) is 60.8 Å². The van der Waals surface area contributed by atoms with Crippen molar-refractivity contribution in [1.29, 1.82) is 0 Å². The Morgan fingerprint density at radius 1 is 1.16 bits per heavy atom. The molecule has 5 atom stereocenters. The molecule has 2 rings (SSSR count). The number of amides is 2. The van der Waals surface area contributed by atoms with Crippen LogP contribution in [0.4, 0.5) is 4.79 Å². The third-order valence-corrected chi connectivity index (χ3v) is 6.74. The molecule has 2 fully saturated rings. The topological polar surface area (TPSA) is 94.2 Å². The van der Waals surface area contributed by atoms with Crippen molar-refractivity contribution in [3.8, 4) is 0 Å². The van der Waals surface area contributed by atoms with Gasteiger partial charge in [-0.15, -0.1) is 0 Å². The zero-order valence-corrected chi connectivity index (χ0v) is 25.3. The predicted molar refractivity (Wildman–Crippen MR) is 144 cm³/mol. The van der Waals surface area contributed by atoms with Crippen molar-refractivity contribution in [2.24, 2.45) is 17.8 Å². The maximum Gasteiger partial charge on any atom is 0.412 e. The number of halogens is 3. The molecule has 8 nitrogen and oxygen atoms in total. The van der Waals surface area contributed by atoms with Gasteiger partial charge in [0, 0.05) is 11.8 Å². The molecule has 37 heavy (non-hydrogen) atoms. The molecule has 0 aromatic carbocycles. The minimum absolute atomic E-state index is 0.243. The van der Waals surface area contributed by atoms with E-state index in [-0.39, 0.29) is 23.8 Å². The van der Waals surface area contributed by atoms with Crippen LogP contribution in [0.25, 0.3) is 0 Å². The molecule has 2 amide bonds. The second-order valence-electron chi connectivity index (χ2n) is 12.0. The fraction of sp³-hybridized carbons (Fsp3) is 0.808. The first-order valence-corrected chi connectivity index (χ1v) is 13.8. The maximum atomic E-state index is 13.4. The van der Waals surface area contributed by atoms with Crippen LogP contribution in [0.15, 0.2) is 12.2 Å². The van der Waals surface area contributed by atoms with Crippen LogP contribution in [-0.2, 0) is 23.8 Å². The van der Waals surface area contributed by atoms with Crippen LogP contribution in [-0.4, -0.2) is 62.8 Å². The number of esters is 1. The van der Waals surface area contributed by atoms with E-state index < -0.39 is 51.9 Å². The molecule has 1 heterocycles. The van der Waals surface area contributed by atoms with Gasteiger partial charge in [-0.05, 0) is 66.7 Å². The number of alkyl halides is 3. The van der Waals surface area contributed by atoms with Gasteiger partial charge in [-0.2, -0.15) is 0 Å². The lowest BCUT2D eigenvalue weighted by molar-refractivity contribution is -0.148. The standard InChI is InChI=1S/C26H41Cl3N2O6/c1-14(2)10-19-20(36-25(8,9)31(19)23(34)37-24(5,6)7)17-11-15(3)12-18(17)21(32)30-16(4)22(33)35-13-26(27,28)29/h14,16-20H,3,10-13H2,1-2,4-9H3,(H,30,32)/t16-,17+,18+,19-,20-/m0/s1. The summed E-state index contributed by atoms with van der Waals surface area (Å²) in [4.78, 5) is 40.7.